The first-order valence-corrected chi connectivity index (χ1v) is 10.7. The van der Waals surface area contributed by atoms with Gasteiger partial charge in [-0.1, -0.05) is 11.6 Å². The molecule has 0 saturated carbocycles. The van der Waals surface area contributed by atoms with Crippen molar-refractivity contribution in [2.45, 2.75) is 18.1 Å². The quantitative estimate of drug-likeness (QED) is 0.448. The van der Waals surface area contributed by atoms with Crippen molar-refractivity contribution in [3.8, 4) is 0 Å². The topological polar surface area (TPSA) is 89.6 Å². The van der Waals surface area contributed by atoms with Crippen molar-refractivity contribution in [1.29, 1.82) is 0 Å². The Morgan fingerprint density at radius 3 is 2.84 bits per heavy atom. The second kappa shape index (κ2) is 9.99. The number of halogens is 4. The Morgan fingerprint density at radius 1 is 1.45 bits per heavy atom. The van der Waals surface area contributed by atoms with E-state index in [4.69, 9.17) is 22.1 Å². The minimum Gasteiger partial charge on any atom is -0.369 e. The molecule has 0 radical (unpaired) electrons. The Kier molecular flexibility index (Phi) is 7.58. The van der Waals surface area contributed by atoms with E-state index in [1.54, 1.807) is 0 Å². The molecule has 0 spiro atoms. The first-order valence-electron chi connectivity index (χ1n) is 9.20. The number of amides is 1. The molecular formula is C20H20ClF3N4O2S. The van der Waals surface area contributed by atoms with Crippen LogP contribution in [0.5, 0.6) is 0 Å². The third kappa shape index (κ3) is 4.87. The second-order valence-electron chi connectivity index (χ2n) is 6.85. The van der Waals surface area contributed by atoms with Gasteiger partial charge in [-0.15, -0.1) is 11.8 Å². The van der Waals surface area contributed by atoms with Gasteiger partial charge in [0.1, 0.15) is 23.2 Å². The first kappa shape index (κ1) is 23.5. The monoisotopic (exact) mass is 472 g/mol. The average Bonchev–Trinajstić information content (AvgIpc) is 3.13. The van der Waals surface area contributed by atoms with Crippen molar-refractivity contribution in [3.63, 3.8) is 0 Å². The summed E-state index contributed by atoms with van der Waals surface area (Å²) in [7, 11) is 0. The van der Waals surface area contributed by atoms with E-state index in [2.05, 4.69) is 22.0 Å². The molecule has 2 aromatic rings. The summed E-state index contributed by atoms with van der Waals surface area (Å²) in [6.45, 7) is 3.27. The van der Waals surface area contributed by atoms with Crippen LogP contribution in [0, 0.1) is 11.7 Å². The van der Waals surface area contributed by atoms with E-state index < -0.39 is 35.7 Å². The molecule has 0 bridgehead atoms. The molecule has 3 unspecified atom stereocenters. The molecule has 1 saturated heterocycles. The van der Waals surface area contributed by atoms with Crippen LogP contribution >= 0.6 is 23.4 Å². The highest BCUT2D eigenvalue weighted by molar-refractivity contribution is 7.99. The molecule has 1 aromatic heterocycles. The number of benzene rings is 1. The molecule has 6 nitrogen and oxygen atoms in total. The molecule has 2 heterocycles. The van der Waals surface area contributed by atoms with E-state index in [0.29, 0.717) is 5.02 Å². The normalized spacial score (nSPS) is 23.2. The first-order chi connectivity index (χ1) is 14.8. The summed E-state index contributed by atoms with van der Waals surface area (Å²) in [5.41, 5.74) is 4.43. The van der Waals surface area contributed by atoms with Gasteiger partial charge in [-0.3, -0.25) is 9.79 Å². The summed E-state index contributed by atoms with van der Waals surface area (Å²) in [5, 5.41) is 2.99. The van der Waals surface area contributed by atoms with Gasteiger partial charge in [0.15, 0.2) is 0 Å². The van der Waals surface area contributed by atoms with E-state index in [9.17, 15) is 18.0 Å². The van der Waals surface area contributed by atoms with Crippen LogP contribution in [0.1, 0.15) is 16.1 Å². The fourth-order valence-corrected chi connectivity index (χ4v) is 4.53. The van der Waals surface area contributed by atoms with Crippen molar-refractivity contribution < 1.29 is 22.7 Å². The number of nitrogens with two attached hydrogens (primary N) is 1. The number of aromatic nitrogens is 1. The summed E-state index contributed by atoms with van der Waals surface area (Å²) in [6, 6.07) is 6.79. The molecule has 1 fully saturated rings. The fraction of sp³-hybridized carbons (Fsp3) is 0.350. The minimum absolute atomic E-state index is 0.00939. The van der Waals surface area contributed by atoms with Crippen LogP contribution in [0.2, 0.25) is 5.02 Å². The van der Waals surface area contributed by atoms with E-state index in [1.807, 2.05) is 0 Å². The number of aliphatic imine (C=N–C) groups is 1. The van der Waals surface area contributed by atoms with Gasteiger partial charge < -0.3 is 15.8 Å². The number of hydrogen-bond acceptors (Lipinski definition) is 6. The maximum Gasteiger partial charge on any atom is 0.274 e. The lowest BCUT2D eigenvalue weighted by Gasteiger charge is -2.32. The lowest BCUT2D eigenvalue weighted by molar-refractivity contribution is -0.0359. The van der Waals surface area contributed by atoms with Crippen LogP contribution in [-0.4, -0.2) is 48.4 Å². The zero-order chi connectivity index (χ0) is 22.6. The molecule has 11 heteroatoms. The largest absolute Gasteiger partial charge is 0.369 e. The van der Waals surface area contributed by atoms with E-state index in [-0.39, 0.29) is 35.2 Å². The number of nitrogens with one attached hydrogen (secondary N) is 1. The third-order valence-electron chi connectivity index (χ3n) is 5.10. The number of hydrogen-bond donors (Lipinski definition) is 2. The second-order valence-corrected chi connectivity index (χ2v) is 8.36. The molecule has 3 rings (SSSR count). The number of anilines is 1. The van der Waals surface area contributed by atoms with Gasteiger partial charge in [0.2, 0.25) is 0 Å². The van der Waals surface area contributed by atoms with Crippen molar-refractivity contribution in [1.82, 2.24) is 4.98 Å². The lowest BCUT2D eigenvalue weighted by atomic mass is 9.79. The Morgan fingerprint density at radius 2 is 2.23 bits per heavy atom. The van der Waals surface area contributed by atoms with Crippen LogP contribution in [0.25, 0.3) is 0 Å². The van der Waals surface area contributed by atoms with Crippen LogP contribution in [0.4, 0.5) is 18.9 Å². The highest BCUT2D eigenvalue weighted by Crippen LogP contribution is 2.47. The fourth-order valence-electron chi connectivity index (χ4n) is 3.56. The molecular weight excluding hydrogens is 453 g/mol. The summed E-state index contributed by atoms with van der Waals surface area (Å²) in [5.74, 6) is -1.70. The van der Waals surface area contributed by atoms with Crippen LogP contribution in [0.15, 0.2) is 41.5 Å². The Bertz CT molecular complexity index is 951. The van der Waals surface area contributed by atoms with Crippen LogP contribution in [0.3, 0.4) is 0 Å². The Balaban J connectivity index is 1.95. The summed E-state index contributed by atoms with van der Waals surface area (Å²) in [6.07, 6.45) is -2.90. The molecule has 0 aliphatic carbocycles. The summed E-state index contributed by atoms with van der Waals surface area (Å²) < 4.78 is 47.4. The molecule has 31 heavy (non-hydrogen) atoms. The lowest BCUT2D eigenvalue weighted by Crippen LogP contribution is -2.39. The van der Waals surface area contributed by atoms with Crippen molar-refractivity contribution in [2.75, 3.05) is 23.6 Å². The zero-order valence-corrected chi connectivity index (χ0v) is 17.8. The van der Waals surface area contributed by atoms with Gasteiger partial charge in [-0.25, -0.2) is 18.2 Å². The number of alkyl halides is 2. The molecule has 1 amide bonds. The zero-order valence-electron chi connectivity index (χ0n) is 16.2. The van der Waals surface area contributed by atoms with Crippen LogP contribution in [-0.2, 0) is 10.3 Å². The average molecular weight is 473 g/mol. The maximum atomic E-state index is 14.9. The highest BCUT2D eigenvalue weighted by atomic mass is 35.5. The van der Waals surface area contributed by atoms with Gasteiger partial charge in [-0.2, -0.15) is 0 Å². The number of ether oxygens (including phenoxy) is 1. The van der Waals surface area contributed by atoms with E-state index in [0.717, 1.165) is 6.07 Å². The van der Waals surface area contributed by atoms with Gasteiger partial charge in [-0.05, 0) is 37.0 Å². The van der Waals surface area contributed by atoms with Crippen molar-refractivity contribution in [3.05, 3.63) is 58.6 Å². The summed E-state index contributed by atoms with van der Waals surface area (Å²) >= 11 is 7.00. The molecule has 3 atom stereocenters. The van der Waals surface area contributed by atoms with Gasteiger partial charge >= 0.3 is 0 Å². The Labute approximate surface area is 186 Å². The highest BCUT2D eigenvalue weighted by Gasteiger charge is 2.54. The number of carbonyl (C=O) groups is 1. The predicted molar refractivity (Wildman–Crippen MR) is 116 cm³/mol. The molecule has 1 aliphatic rings. The SMILES string of the molecule is C=NC1(c2cc(NC(=O)c3ccc(Cl)cn3)ccc2F)COC(C(F)F)C1CSCN. The maximum absolute atomic E-state index is 14.9. The smallest absolute Gasteiger partial charge is 0.274 e. The molecule has 3 N–H and O–H groups in total. The third-order valence-corrected chi connectivity index (χ3v) is 6.16. The number of thioether (sulfide) groups is 1. The van der Waals surface area contributed by atoms with Crippen LogP contribution < -0.4 is 11.1 Å². The standard InChI is InChI=1S/C20H20ClF3N4O2S/c1-26-20(9-30-17(18(23)24)14(20)8-31-10-25)13-6-12(3-4-15(13)22)28-19(29)16-5-2-11(21)7-27-16/h2-7,14,17-18H,1,8-10,25H2,(H,28,29). The molecule has 1 aliphatic heterocycles. The summed E-state index contributed by atoms with van der Waals surface area (Å²) in [4.78, 5) is 20.4. The van der Waals surface area contributed by atoms with Gasteiger partial charge in [0.25, 0.3) is 12.3 Å². The van der Waals surface area contributed by atoms with E-state index in [1.165, 1.54) is 42.2 Å². The van der Waals surface area contributed by atoms with Gasteiger partial charge in [0.05, 0.1) is 11.6 Å². The predicted octanol–water partition coefficient (Wildman–Crippen LogP) is 3.95. The molecule has 166 valence electrons. The minimum atomic E-state index is -2.78. The van der Waals surface area contributed by atoms with Gasteiger partial charge in [0, 0.05) is 35.0 Å². The molecule has 1 aromatic carbocycles. The number of carbonyl (C=O) groups excluding carboxylic acids is 1. The number of rotatable bonds is 8. The number of pyridine rings is 1. The Hall–Kier alpha value is -2.14. The van der Waals surface area contributed by atoms with Crippen molar-refractivity contribution in [2.24, 2.45) is 16.6 Å². The number of nitrogens with zero attached hydrogens (tertiary/aromatic N) is 2. The van der Waals surface area contributed by atoms with E-state index >= 15 is 0 Å². The van der Waals surface area contributed by atoms with Crippen molar-refractivity contribution >= 4 is 41.7 Å².